The minimum Gasteiger partial charge on any atom is -0.385 e. The van der Waals surface area contributed by atoms with Crippen LogP contribution in [0.5, 0.6) is 0 Å². The summed E-state index contributed by atoms with van der Waals surface area (Å²) in [6.45, 7) is 3.93. The standard InChI is InChI=1S/C13H23N3O/c1-17-10-4-7-14-8-9-16-11-15-12-5-2-3-6-13(12)16/h11,14H,2-10H2,1H3. The molecule has 1 heterocycles. The van der Waals surface area contributed by atoms with Crippen LogP contribution in [0.4, 0.5) is 0 Å². The van der Waals surface area contributed by atoms with Crippen molar-refractivity contribution in [1.29, 1.82) is 0 Å². The van der Waals surface area contributed by atoms with E-state index in [1.165, 1.54) is 37.1 Å². The Morgan fingerprint density at radius 1 is 1.35 bits per heavy atom. The van der Waals surface area contributed by atoms with E-state index in [1.807, 2.05) is 6.33 Å². The maximum absolute atomic E-state index is 5.01. The highest BCUT2D eigenvalue weighted by atomic mass is 16.5. The minimum absolute atomic E-state index is 0.841. The molecule has 0 unspecified atom stereocenters. The Morgan fingerprint density at radius 2 is 2.24 bits per heavy atom. The number of imidazole rings is 1. The Hall–Kier alpha value is -0.870. The second kappa shape index (κ2) is 6.77. The van der Waals surface area contributed by atoms with E-state index in [4.69, 9.17) is 4.74 Å². The summed E-state index contributed by atoms with van der Waals surface area (Å²) >= 11 is 0. The highest BCUT2D eigenvalue weighted by Crippen LogP contribution is 2.19. The zero-order valence-corrected chi connectivity index (χ0v) is 10.7. The van der Waals surface area contributed by atoms with Gasteiger partial charge in [-0.1, -0.05) is 0 Å². The summed E-state index contributed by atoms with van der Waals surface area (Å²) in [7, 11) is 1.75. The molecule has 0 spiro atoms. The minimum atomic E-state index is 0.841. The first-order valence-electron chi connectivity index (χ1n) is 6.64. The predicted octanol–water partition coefficient (Wildman–Crippen LogP) is 1.39. The summed E-state index contributed by atoms with van der Waals surface area (Å²) in [6.07, 6.45) is 8.09. The highest BCUT2D eigenvalue weighted by molar-refractivity contribution is 5.16. The van der Waals surface area contributed by atoms with Crippen molar-refractivity contribution in [3.05, 3.63) is 17.7 Å². The molecule has 1 aromatic heterocycles. The number of hydrogen-bond acceptors (Lipinski definition) is 3. The average Bonchev–Trinajstić information content (AvgIpc) is 2.77. The zero-order chi connectivity index (χ0) is 11.9. The van der Waals surface area contributed by atoms with Crippen LogP contribution in [0, 0.1) is 0 Å². The van der Waals surface area contributed by atoms with Crippen molar-refractivity contribution < 1.29 is 4.74 Å². The molecule has 0 fully saturated rings. The molecular weight excluding hydrogens is 214 g/mol. The van der Waals surface area contributed by atoms with E-state index in [9.17, 15) is 0 Å². The van der Waals surface area contributed by atoms with Gasteiger partial charge in [0.15, 0.2) is 0 Å². The van der Waals surface area contributed by atoms with Crippen LogP contribution in [0.25, 0.3) is 0 Å². The quantitative estimate of drug-likeness (QED) is 0.728. The van der Waals surface area contributed by atoms with Crippen LogP contribution in [-0.2, 0) is 24.1 Å². The van der Waals surface area contributed by atoms with E-state index < -0.39 is 0 Å². The summed E-state index contributed by atoms with van der Waals surface area (Å²) in [5.41, 5.74) is 2.80. The first kappa shape index (κ1) is 12.6. The van der Waals surface area contributed by atoms with Crippen LogP contribution in [0.2, 0.25) is 0 Å². The number of nitrogens with one attached hydrogen (secondary N) is 1. The van der Waals surface area contributed by atoms with Gasteiger partial charge in [-0.15, -0.1) is 0 Å². The molecule has 0 radical (unpaired) electrons. The molecule has 2 rings (SSSR count). The van der Waals surface area contributed by atoms with Gasteiger partial charge < -0.3 is 14.6 Å². The number of methoxy groups -OCH3 is 1. The molecule has 1 aliphatic rings. The van der Waals surface area contributed by atoms with Gasteiger partial charge in [0, 0.05) is 32.5 Å². The molecule has 0 bridgehead atoms. The third-order valence-electron chi connectivity index (χ3n) is 3.34. The Labute approximate surface area is 103 Å². The maximum Gasteiger partial charge on any atom is 0.0952 e. The molecule has 0 atom stereocenters. The fourth-order valence-corrected chi connectivity index (χ4v) is 2.39. The number of nitrogens with zero attached hydrogens (tertiary/aromatic N) is 2. The second-order valence-electron chi connectivity index (χ2n) is 4.63. The predicted molar refractivity (Wildman–Crippen MR) is 68.2 cm³/mol. The van der Waals surface area contributed by atoms with Gasteiger partial charge in [-0.2, -0.15) is 0 Å². The van der Waals surface area contributed by atoms with Crippen molar-refractivity contribution in [2.75, 3.05) is 26.8 Å². The summed E-state index contributed by atoms with van der Waals surface area (Å²) in [5, 5.41) is 3.44. The molecule has 0 aromatic carbocycles. The summed E-state index contributed by atoms with van der Waals surface area (Å²) < 4.78 is 7.33. The number of aromatic nitrogens is 2. The first-order valence-corrected chi connectivity index (χ1v) is 6.64. The first-order chi connectivity index (χ1) is 8.42. The van der Waals surface area contributed by atoms with Gasteiger partial charge >= 0.3 is 0 Å². The summed E-state index contributed by atoms with van der Waals surface area (Å²) in [4.78, 5) is 4.50. The molecule has 1 aromatic rings. The van der Waals surface area contributed by atoms with Gasteiger partial charge in [-0.3, -0.25) is 0 Å². The van der Waals surface area contributed by atoms with E-state index in [0.717, 1.165) is 32.7 Å². The Bertz CT molecular complexity index is 335. The van der Waals surface area contributed by atoms with E-state index in [0.29, 0.717) is 0 Å². The largest absolute Gasteiger partial charge is 0.385 e. The van der Waals surface area contributed by atoms with Crippen molar-refractivity contribution in [3.8, 4) is 0 Å². The molecule has 4 nitrogen and oxygen atoms in total. The van der Waals surface area contributed by atoms with Crippen LogP contribution < -0.4 is 5.32 Å². The third-order valence-corrected chi connectivity index (χ3v) is 3.34. The van der Waals surface area contributed by atoms with E-state index in [1.54, 1.807) is 7.11 Å². The summed E-state index contributed by atoms with van der Waals surface area (Å²) in [6, 6.07) is 0. The smallest absolute Gasteiger partial charge is 0.0952 e. The van der Waals surface area contributed by atoms with Gasteiger partial charge in [0.05, 0.1) is 12.0 Å². The molecule has 4 heteroatoms. The van der Waals surface area contributed by atoms with Gasteiger partial charge in [0.2, 0.25) is 0 Å². The molecule has 96 valence electrons. The van der Waals surface area contributed by atoms with E-state index >= 15 is 0 Å². The van der Waals surface area contributed by atoms with Gasteiger partial charge in [0.1, 0.15) is 0 Å². The van der Waals surface area contributed by atoms with Gasteiger partial charge in [0.25, 0.3) is 0 Å². The number of rotatable bonds is 7. The number of fused-ring (bicyclic) bond motifs is 1. The molecule has 1 N–H and O–H groups in total. The second-order valence-corrected chi connectivity index (χ2v) is 4.63. The number of hydrogen-bond donors (Lipinski definition) is 1. The molecule has 0 saturated heterocycles. The number of ether oxygens (including phenoxy) is 1. The molecule has 0 amide bonds. The fraction of sp³-hybridized carbons (Fsp3) is 0.769. The van der Waals surface area contributed by atoms with Crippen molar-refractivity contribution >= 4 is 0 Å². The highest BCUT2D eigenvalue weighted by Gasteiger charge is 2.14. The van der Waals surface area contributed by atoms with Crippen LogP contribution in [0.3, 0.4) is 0 Å². The SMILES string of the molecule is COCCCNCCn1cnc2c1CCCC2. The van der Waals surface area contributed by atoms with Crippen molar-refractivity contribution in [2.24, 2.45) is 0 Å². The third kappa shape index (κ3) is 3.54. The van der Waals surface area contributed by atoms with Crippen molar-refractivity contribution in [2.45, 2.75) is 38.6 Å². The van der Waals surface area contributed by atoms with Crippen molar-refractivity contribution in [3.63, 3.8) is 0 Å². The fourth-order valence-electron chi connectivity index (χ4n) is 2.39. The molecule has 1 aliphatic carbocycles. The van der Waals surface area contributed by atoms with E-state index in [2.05, 4.69) is 14.9 Å². The van der Waals surface area contributed by atoms with Crippen LogP contribution >= 0.6 is 0 Å². The van der Waals surface area contributed by atoms with Gasteiger partial charge in [-0.25, -0.2) is 4.98 Å². The molecule has 0 saturated carbocycles. The summed E-state index contributed by atoms with van der Waals surface area (Å²) in [5.74, 6) is 0. The Balaban J connectivity index is 1.70. The van der Waals surface area contributed by atoms with Crippen molar-refractivity contribution in [1.82, 2.24) is 14.9 Å². The molecular formula is C13H23N3O. The van der Waals surface area contributed by atoms with Crippen LogP contribution in [0.1, 0.15) is 30.7 Å². The lowest BCUT2D eigenvalue weighted by atomic mass is 10.0. The zero-order valence-electron chi connectivity index (χ0n) is 10.7. The Morgan fingerprint density at radius 3 is 3.12 bits per heavy atom. The topological polar surface area (TPSA) is 39.1 Å². The van der Waals surface area contributed by atoms with Gasteiger partial charge in [-0.05, 0) is 38.6 Å². The molecule has 0 aliphatic heterocycles. The lowest BCUT2D eigenvalue weighted by Crippen LogP contribution is -2.22. The average molecular weight is 237 g/mol. The maximum atomic E-state index is 5.01. The van der Waals surface area contributed by atoms with Crippen LogP contribution in [-0.4, -0.2) is 36.4 Å². The lowest BCUT2D eigenvalue weighted by molar-refractivity contribution is 0.194. The normalized spacial score (nSPS) is 14.9. The Kier molecular flexibility index (Phi) is 5.01. The lowest BCUT2D eigenvalue weighted by Gasteiger charge is -2.14. The number of aryl methyl sites for hydroxylation is 1. The van der Waals surface area contributed by atoms with E-state index in [-0.39, 0.29) is 0 Å². The molecule has 17 heavy (non-hydrogen) atoms. The van der Waals surface area contributed by atoms with Crippen LogP contribution in [0.15, 0.2) is 6.33 Å². The monoisotopic (exact) mass is 237 g/mol.